The fourth-order valence-electron chi connectivity index (χ4n) is 2.03. The van der Waals surface area contributed by atoms with E-state index in [0.717, 1.165) is 26.9 Å². The Bertz CT molecular complexity index is 611. The van der Waals surface area contributed by atoms with Gasteiger partial charge in [0, 0.05) is 29.7 Å². The van der Waals surface area contributed by atoms with Crippen LogP contribution in [0, 0.1) is 12.7 Å². The van der Waals surface area contributed by atoms with Gasteiger partial charge in [0.1, 0.15) is 5.82 Å². The average Bonchev–Trinajstić information content (AvgIpc) is 2.70. The summed E-state index contributed by atoms with van der Waals surface area (Å²) in [7, 11) is 0. The largest absolute Gasteiger partial charge is 0.307 e. The normalized spacial score (nSPS) is 11.1. The van der Waals surface area contributed by atoms with E-state index < -0.39 is 0 Å². The van der Waals surface area contributed by atoms with E-state index in [1.165, 1.54) is 6.07 Å². The van der Waals surface area contributed by atoms with Gasteiger partial charge in [-0.3, -0.25) is 4.68 Å². The smallest absolute Gasteiger partial charge is 0.127 e. The van der Waals surface area contributed by atoms with Gasteiger partial charge in [0.2, 0.25) is 0 Å². The standard InChI is InChI=1S/C14H16Br2FN3/c1-3-20-13(14(16)9(2)19-20)8-18-7-10-6-11(15)4-5-12(10)17/h4-6,18H,3,7-8H2,1-2H3. The lowest BCUT2D eigenvalue weighted by Gasteiger charge is -2.09. The molecule has 0 bridgehead atoms. The minimum absolute atomic E-state index is 0.194. The lowest BCUT2D eigenvalue weighted by Crippen LogP contribution is -2.17. The van der Waals surface area contributed by atoms with E-state index in [4.69, 9.17) is 0 Å². The topological polar surface area (TPSA) is 29.9 Å². The molecule has 1 heterocycles. The first-order valence-electron chi connectivity index (χ1n) is 6.39. The summed E-state index contributed by atoms with van der Waals surface area (Å²) in [5.41, 5.74) is 2.70. The van der Waals surface area contributed by atoms with Gasteiger partial charge in [-0.15, -0.1) is 0 Å². The monoisotopic (exact) mass is 403 g/mol. The highest BCUT2D eigenvalue weighted by molar-refractivity contribution is 9.10. The Morgan fingerprint density at radius 2 is 2.05 bits per heavy atom. The molecule has 108 valence electrons. The summed E-state index contributed by atoms with van der Waals surface area (Å²) in [6.07, 6.45) is 0. The summed E-state index contributed by atoms with van der Waals surface area (Å²) < 4.78 is 17.5. The number of nitrogens with zero attached hydrogens (tertiary/aromatic N) is 2. The summed E-state index contributed by atoms with van der Waals surface area (Å²) in [6.45, 7) is 5.95. The van der Waals surface area contributed by atoms with Crippen LogP contribution in [0.4, 0.5) is 4.39 Å². The molecule has 0 aliphatic heterocycles. The summed E-state index contributed by atoms with van der Waals surface area (Å²) in [5.74, 6) is -0.194. The van der Waals surface area contributed by atoms with Gasteiger partial charge in [0.15, 0.2) is 0 Å². The molecule has 6 heteroatoms. The van der Waals surface area contributed by atoms with Crippen LogP contribution in [-0.4, -0.2) is 9.78 Å². The quantitative estimate of drug-likeness (QED) is 0.810. The summed E-state index contributed by atoms with van der Waals surface area (Å²) in [6, 6.07) is 4.96. The molecule has 3 nitrogen and oxygen atoms in total. The van der Waals surface area contributed by atoms with Gasteiger partial charge in [-0.25, -0.2) is 4.39 Å². The zero-order chi connectivity index (χ0) is 14.7. The van der Waals surface area contributed by atoms with Gasteiger partial charge in [-0.2, -0.15) is 5.10 Å². The van der Waals surface area contributed by atoms with Crippen molar-refractivity contribution in [2.24, 2.45) is 0 Å². The molecular formula is C14H16Br2FN3. The minimum Gasteiger partial charge on any atom is -0.307 e. The van der Waals surface area contributed by atoms with Crippen molar-refractivity contribution in [1.29, 1.82) is 0 Å². The molecule has 0 aliphatic carbocycles. The number of benzene rings is 1. The van der Waals surface area contributed by atoms with E-state index in [9.17, 15) is 4.39 Å². The van der Waals surface area contributed by atoms with Crippen molar-refractivity contribution < 1.29 is 4.39 Å². The van der Waals surface area contributed by atoms with Crippen molar-refractivity contribution in [2.75, 3.05) is 0 Å². The predicted molar refractivity (Wildman–Crippen MR) is 85.0 cm³/mol. The number of rotatable bonds is 5. The van der Waals surface area contributed by atoms with E-state index in [2.05, 4.69) is 49.2 Å². The molecule has 0 radical (unpaired) electrons. The van der Waals surface area contributed by atoms with Gasteiger partial charge in [0.25, 0.3) is 0 Å². The Hall–Kier alpha value is -0.720. The fourth-order valence-corrected chi connectivity index (χ4v) is 2.86. The highest BCUT2D eigenvalue weighted by Gasteiger charge is 2.11. The highest BCUT2D eigenvalue weighted by Crippen LogP contribution is 2.21. The average molecular weight is 405 g/mol. The zero-order valence-electron chi connectivity index (χ0n) is 11.4. The molecule has 1 aromatic heterocycles. The molecular weight excluding hydrogens is 389 g/mol. The third-order valence-electron chi connectivity index (χ3n) is 3.07. The van der Waals surface area contributed by atoms with Gasteiger partial charge in [-0.05, 0) is 48.0 Å². The second-order valence-corrected chi connectivity index (χ2v) is 6.21. The van der Waals surface area contributed by atoms with E-state index in [-0.39, 0.29) is 5.82 Å². The number of aromatic nitrogens is 2. The van der Waals surface area contributed by atoms with E-state index in [0.29, 0.717) is 18.7 Å². The number of nitrogens with one attached hydrogen (secondary N) is 1. The Balaban J connectivity index is 2.04. The number of hydrogen-bond acceptors (Lipinski definition) is 2. The van der Waals surface area contributed by atoms with Crippen molar-refractivity contribution >= 4 is 31.9 Å². The number of aryl methyl sites for hydroxylation is 2. The number of halogens is 3. The summed E-state index contributed by atoms with van der Waals surface area (Å²) in [4.78, 5) is 0. The van der Waals surface area contributed by atoms with Crippen LogP contribution in [0.1, 0.15) is 23.9 Å². The first-order chi connectivity index (χ1) is 9.52. The third-order valence-corrected chi connectivity index (χ3v) is 4.59. The Labute approximate surface area is 134 Å². The molecule has 0 spiro atoms. The molecule has 1 N–H and O–H groups in total. The molecule has 20 heavy (non-hydrogen) atoms. The first kappa shape index (κ1) is 15.7. The van der Waals surface area contributed by atoms with Gasteiger partial charge < -0.3 is 5.32 Å². The van der Waals surface area contributed by atoms with Crippen molar-refractivity contribution in [3.05, 3.63) is 49.9 Å². The van der Waals surface area contributed by atoms with E-state index in [1.807, 2.05) is 11.6 Å². The van der Waals surface area contributed by atoms with Crippen LogP contribution in [0.2, 0.25) is 0 Å². The summed E-state index contributed by atoms with van der Waals surface area (Å²) in [5, 5.41) is 7.70. The maximum Gasteiger partial charge on any atom is 0.127 e. The van der Waals surface area contributed by atoms with Crippen molar-refractivity contribution in [3.63, 3.8) is 0 Å². The zero-order valence-corrected chi connectivity index (χ0v) is 14.6. The van der Waals surface area contributed by atoms with Crippen LogP contribution in [0.5, 0.6) is 0 Å². The molecule has 2 rings (SSSR count). The first-order valence-corrected chi connectivity index (χ1v) is 7.98. The second kappa shape index (κ2) is 6.83. The minimum atomic E-state index is -0.194. The van der Waals surface area contributed by atoms with E-state index >= 15 is 0 Å². The van der Waals surface area contributed by atoms with Crippen LogP contribution in [-0.2, 0) is 19.6 Å². The Kier molecular flexibility index (Phi) is 5.35. The van der Waals surface area contributed by atoms with Gasteiger partial charge in [0.05, 0.1) is 15.9 Å². The van der Waals surface area contributed by atoms with Crippen LogP contribution in [0.3, 0.4) is 0 Å². The molecule has 0 aliphatic rings. The molecule has 2 aromatic rings. The fraction of sp³-hybridized carbons (Fsp3) is 0.357. The number of hydrogen-bond donors (Lipinski definition) is 1. The molecule has 0 fully saturated rings. The molecule has 1 aromatic carbocycles. The van der Waals surface area contributed by atoms with Crippen molar-refractivity contribution in [1.82, 2.24) is 15.1 Å². The molecule has 0 atom stereocenters. The van der Waals surface area contributed by atoms with Crippen LogP contribution < -0.4 is 5.32 Å². The Morgan fingerprint density at radius 3 is 2.75 bits per heavy atom. The van der Waals surface area contributed by atoms with Crippen molar-refractivity contribution in [3.8, 4) is 0 Å². The van der Waals surface area contributed by atoms with Gasteiger partial charge >= 0.3 is 0 Å². The molecule has 0 saturated carbocycles. The van der Waals surface area contributed by atoms with Crippen LogP contribution >= 0.6 is 31.9 Å². The van der Waals surface area contributed by atoms with Crippen LogP contribution in [0.15, 0.2) is 27.1 Å². The highest BCUT2D eigenvalue weighted by atomic mass is 79.9. The maximum absolute atomic E-state index is 13.6. The molecule has 0 amide bonds. The molecule has 0 saturated heterocycles. The maximum atomic E-state index is 13.6. The third kappa shape index (κ3) is 3.48. The molecule has 0 unspecified atom stereocenters. The van der Waals surface area contributed by atoms with Gasteiger partial charge in [-0.1, -0.05) is 15.9 Å². The van der Waals surface area contributed by atoms with Crippen LogP contribution in [0.25, 0.3) is 0 Å². The second-order valence-electron chi connectivity index (χ2n) is 4.50. The lowest BCUT2D eigenvalue weighted by molar-refractivity contribution is 0.559. The summed E-state index contributed by atoms with van der Waals surface area (Å²) >= 11 is 6.90. The SMILES string of the molecule is CCn1nc(C)c(Br)c1CNCc1cc(Br)ccc1F. The lowest BCUT2D eigenvalue weighted by atomic mass is 10.2. The Morgan fingerprint density at radius 1 is 1.30 bits per heavy atom. The van der Waals surface area contributed by atoms with Crippen molar-refractivity contribution in [2.45, 2.75) is 33.5 Å². The van der Waals surface area contributed by atoms with E-state index in [1.54, 1.807) is 12.1 Å². The predicted octanol–water partition coefficient (Wildman–Crippen LogP) is 4.17.